The Balaban J connectivity index is 0.00000161. The van der Waals surface area contributed by atoms with Gasteiger partial charge in [-0.15, -0.1) is 12.4 Å². The molecule has 1 aromatic carbocycles. The molecule has 0 bridgehead atoms. The van der Waals surface area contributed by atoms with E-state index in [2.05, 4.69) is 10.6 Å². The van der Waals surface area contributed by atoms with E-state index in [1.807, 2.05) is 0 Å². The lowest BCUT2D eigenvalue weighted by molar-refractivity contribution is -0.122. The summed E-state index contributed by atoms with van der Waals surface area (Å²) in [6, 6.07) is 5.27. The molecular weight excluding hydrogens is 292 g/mol. The number of rotatable bonds is 2. The highest BCUT2D eigenvalue weighted by molar-refractivity contribution is 6.02. The number of benzene rings is 1. The molecule has 3 rings (SSSR count). The Hall–Kier alpha value is -1.59. The standard InChI is InChI=1S/C15H18N2O3.ClH/c1-9-15(19)17-12-8-11(2-3-13(12)20-9)14(18)10-4-6-16-7-5-10;/h2-3,8-10,16H,4-7H2,1H3,(H,17,19);1H. The zero-order chi connectivity index (χ0) is 14.1. The minimum absolute atomic E-state index is 0. The maximum Gasteiger partial charge on any atom is 0.265 e. The van der Waals surface area contributed by atoms with E-state index in [1.54, 1.807) is 25.1 Å². The number of carbonyl (C=O) groups is 2. The van der Waals surface area contributed by atoms with Crippen molar-refractivity contribution in [1.82, 2.24) is 5.32 Å². The molecule has 0 saturated carbocycles. The minimum Gasteiger partial charge on any atom is -0.479 e. The first kappa shape index (κ1) is 15.8. The molecule has 1 saturated heterocycles. The van der Waals surface area contributed by atoms with E-state index in [0.29, 0.717) is 17.0 Å². The van der Waals surface area contributed by atoms with Crippen LogP contribution in [0.3, 0.4) is 0 Å². The van der Waals surface area contributed by atoms with Crippen LogP contribution in [0.5, 0.6) is 5.75 Å². The van der Waals surface area contributed by atoms with Crippen LogP contribution in [0, 0.1) is 5.92 Å². The van der Waals surface area contributed by atoms with Gasteiger partial charge in [-0.1, -0.05) is 0 Å². The molecule has 1 atom stereocenters. The Morgan fingerprint density at radius 2 is 2.00 bits per heavy atom. The summed E-state index contributed by atoms with van der Waals surface area (Å²) in [5, 5.41) is 6.03. The summed E-state index contributed by atoms with van der Waals surface area (Å²) in [5.74, 6) is 0.679. The Morgan fingerprint density at radius 1 is 1.29 bits per heavy atom. The van der Waals surface area contributed by atoms with E-state index < -0.39 is 6.10 Å². The largest absolute Gasteiger partial charge is 0.479 e. The first-order chi connectivity index (χ1) is 9.65. The SMILES string of the molecule is CC1Oc2ccc(C(=O)C3CCNCC3)cc2NC1=O.Cl. The van der Waals surface area contributed by atoms with Crippen molar-refractivity contribution < 1.29 is 14.3 Å². The van der Waals surface area contributed by atoms with Crippen LogP contribution >= 0.6 is 12.4 Å². The van der Waals surface area contributed by atoms with Crippen molar-refractivity contribution in [1.29, 1.82) is 0 Å². The Labute approximate surface area is 129 Å². The van der Waals surface area contributed by atoms with Gasteiger partial charge >= 0.3 is 0 Å². The Morgan fingerprint density at radius 3 is 2.71 bits per heavy atom. The summed E-state index contributed by atoms with van der Waals surface area (Å²) in [6.07, 6.45) is 1.25. The van der Waals surface area contributed by atoms with Crippen LogP contribution in [-0.4, -0.2) is 30.9 Å². The molecule has 0 radical (unpaired) electrons. The van der Waals surface area contributed by atoms with Crippen molar-refractivity contribution in [2.24, 2.45) is 5.92 Å². The van der Waals surface area contributed by atoms with Gasteiger partial charge in [0, 0.05) is 11.5 Å². The van der Waals surface area contributed by atoms with Gasteiger partial charge in [0.15, 0.2) is 11.9 Å². The molecule has 2 aliphatic heterocycles. The number of carbonyl (C=O) groups excluding carboxylic acids is 2. The topological polar surface area (TPSA) is 67.4 Å². The fourth-order valence-electron chi connectivity index (χ4n) is 2.68. The number of piperidine rings is 1. The Kier molecular flexibility index (Phi) is 4.85. The number of fused-ring (bicyclic) bond motifs is 1. The number of Topliss-reactive ketones (excluding diaryl/α,β-unsaturated/α-hetero) is 1. The van der Waals surface area contributed by atoms with Crippen LogP contribution in [0.25, 0.3) is 0 Å². The third-order valence-corrected chi connectivity index (χ3v) is 3.90. The number of anilines is 1. The predicted molar refractivity (Wildman–Crippen MR) is 82.3 cm³/mol. The van der Waals surface area contributed by atoms with Gasteiger partial charge in [0.2, 0.25) is 0 Å². The molecule has 0 spiro atoms. The molecule has 21 heavy (non-hydrogen) atoms. The second-order valence-electron chi connectivity index (χ2n) is 5.35. The zero-order valence-electron chi connectivity index (χ0n) is 11.8. The highest BCUT2D eigenvalue weighted by Gasteiger charge is 2.26. The molecule has 2 heterocycles. The second kappa shape index (κ2) is 6.45. The van der Waals surface area contributed by atoms with E-state index in [-0.39, 0.29) is 30.0 Å². The van der Waals surface area contributed by atoms with E-state index in [0.717, 1.165) is 25.9 Å². The highest BCUT2D eigenvalue weighted by atomic mass is 35.5. The fourth-order valence-corrected chi connectivity index (χ4v) is 2.68. The first-order valence-corrected chi connectivity index (χ1v) is 7.01. The van der Waals surface area contributed by atoms with Crippen molar-refractivity contribution in [3.63, 3.8) is 0 Å². The smallest absolute Gasteiger partial charge is 0.265 e. The first-order valence-electron chi connectivity index (χ1n) is 7.01. The zero-order valence-corrected chi connectivity index (χ0v) is 12.7. The van der Waals surface area contributed by atoms with E-state index in [9.17, 15) is 9.59 Å². The molecule has 1 fully saturated rings. The second-order valence-corrected chi connectivity index (χ2v) is 5.35. The monoisotopic (exact) mass is 310 g/mol. The van der Waals surface area contributed by atoms with Gasteiger partial charge in [0.05, 0.1) is 5.69 Å². The molecule has 2 N–H and O–H groups in total. The third kappa shape index (κ3) is 3.19. The van der Waals surface area contributed by atoms with Crippen LogP contribution in [-0.2, 0) is 4.79 Å². The van der Waals surface area contributed by atoms with Crippen LogP contribution in [0.15, 0.2) is 18.2 Å². The van der Waals surface area contributed by atoms with Gasteiger partial charge in [-0.2, -0.15) is 0 Å². The summed E-state index contributed by atoms with van der Waals surface area (Å²) in [5.41, 5.74) is 1.24. The van der Waals surface area contributed by atoms with Crippen molar-refractivity contribution >= 4 is 29.8 Å². The molecule has 1 amide bonds. The number of ether oxygens (including phenoxy) is 1. The highest BCUT2D eigenvalue weighted by Crippen LogP contribution is 2.31. The number of hydrogen-bond acceptors (Lipinski definition) is 4. The van der Waals surface area contributed by atoms with Crippen molar-refractivity contribution in [2.75, 3.05) is 18.4 Å². The maximum atomic E-state index is 12.5. The van der Waals surface area contributed by atoms with Crippen LogP contribution in [0.4, 0.5) is 5.69 Å². The molecular formula is C15H19ClN2O3. The average Bonchev–Trinajstić information content (AvgIpc) is 2.48. The molecule has 0 aromatic heterocycles. The normalized spacial score (nSPS) is 21.6. The van der Waals surface area contributed by atoms with Gasteiger partial charge in [0.25, 0.3) is 5.91 Å². The summed E-state index contributed by atoms with van der Waals surface area (Å²) in [6.45, 7) is 3.48. The summed E-state index contributed by atoms with van der Waals surface area (Å²) >= 11 is 0. The summed E-state index contributed by atoms with van der Waals surface area (Å²) in [7, 11) is 0. The van der Waals surface area contributed by atoms with Gasteiger partial charge in [-0.05, 0) is 51.1 Å². The average molecular weight is 311 g/mol. The third-order valence-electron chi connectivity index (χ3n) is 3.90. The summed E-state index contributed by atoms with van der Waals surface area (Å²) < 4.78 is 5.49. The van der Waals surface area contributed by atoms with Gasteiger partial charge < -0.3 is 15.4 Å². The molecule has 5 nitrogen and oxygen atoms in total. The minimum atomic E-state index is -0.492. The van der Waals surface area contributed by atoms with Crippen molar-refractivity contribution in [3.05, 3.63) is 23.8 Å². The lowest BCUT2D eigenvalue weighted by Gasteiger charge is -2.25. The maximum absolute atomic E-state index is 12.5. The van der Waals surface area contributed by atoms with Crippen LogP contribution in [0.1, 0.15) is 30.1 Å². The number of nitrogens with one attached hydrogen (secondary N) is 2. The number of amides is 1. The number of hydrogen-bond donors (Lipinski definition) is 2. The molecule has 1 aromatic rings. The van der Waals surface area contributed by atoms with Crippen molar-refractivity contribution in [3.8, 4) is 5.75 Å². The quantitative estimate of drug-likeness (QED) is 0.820. The van der Waals surface area contributed by atoms with E-state index in [1.165, 1.54) is 0 Å². The van der Waals surface area contributed by atoms with Crippen LogP contribution in [0.2, 0.25) is 0 Å². The number of ketones is 1. The molecule has 6 heteroatoms. The summed E-state index contributed by atoms with van der Waals surface area (Å²) in [4.78, 5) is 24.1. The molecule has 1 unspecified atom stereocenters. The van der Waals surface area contributed by atoms with Gasteiger partial charge in [-0.25, -0.2) is 0 Å². The van der Waals surface area contributed by atoms with Crippen LogP contribution < -0.4 is 15.4 Å². The van der Waals surface area contributed by atoms with Gasteiger partial charge in [-0.3, -0.25) is 9.59 Å². The predicted octanol–water partition coefficient (Wildman–Crippen LogP) is 2.01. The molecule has 0 aliphatic carbocycles. The van der Waals surface area contributed by atoms with Gasteiger partial charge in [0.1, 0.15) is 5.75 Å². The lowest BCUT2D eigenvalue weighted by Crippen LogP contribution is -2.34. The van der Waals surface area contributed by atoms with Crippen molar-refractivity contribution in [2.45, 2.75) is 25.9 Å². The lowest BCUT2D eigenvalue weighted by atomic mass is 9.89. The van der Waals surface area contributed by atoms with E-state index >= 15 is 0 Å². The van der Waals surface area contributed by atoms with E-state index in [4.69, 9.17) is 4.74 Å². The Bertz CT molecular complexity index is 556. The number of halogens is 1. The fraction of sp³-hybridized carbons (Fsp3) is 0.467. The molecule has 2 aliphatic rings. The molecule has 114 valence electrons.